The third kappa shape index (κ3) is 5.08. The summed E-state index contributed by atoms with van der Waals surface area (Å²) in [7, 11) is 3.17. The van der Waals surface area contributed by atoms with Gasteiger partial charge in [-0.05, 0) is 50.3 Å². The Bertz CT molecular complexity index is 1370. The summed E-state index contributed by atoms with van der Waals surface area (Å²) in [5.41, 5.74) is 4.02. The van der Waals surface area contributed by atoms with Crippen molar-refractivity contribution in [2.45, 2.75) is 20.4 Å². The number of hydrogen-bond acceptors (Lipinski definition) is 5. The number of aryl methyl sites for hydroxylation is 1. The largest absolute Gasteiger partial charge is 0.493 e. The van der Waals surface area contributed by atoms with Gasteiger partial charge in [-0.2, -0.15) is 10.2 Å². The normalized spacial score (nSPS) is 11.1. The molecule has 0 aliphatic rings. The van der Waals surface area contributed by atoms with Gasteiger partial charge in [-0.1, -0.05) is 12.1 Å². The number of nitrogens with one attached hydrogen (secondary N) is 1. The summed E-state index contributed by atoms with van der Waals surface area (Å²) in [6, 6.07) is 13.4. The quantitative estimate of drug-likeness (QED) is 0.378. The van der Waals surface area contributed by atoms with E-state index >= 15 is 0 Å². The fraction of sp³-hybridized carbons (Fsp3) is 0.192. The zero-order valence-electron chi connectivity index (χ0n) is 19.9. The predicted molar refractivity (Wildman–Crippen MR) is 132 cm³/mol. The molecule has 35 heavy (non-hydrogen) atoms. The number of carbonyl (C=O) groups is 1. The van der Waals surface area contributed by atoms with Crippen molar-refractivity contribution in [3.63, 3.8) is 0 Å². The Hall–Kier alpha value is -4.40. The van der Waals surface area contributed by atoms with Gasteiger partial charge in [0.1, 0.15) is 11.6 Å². The molecule has 0 fully saturated rings. The minimum atomic E-state index is -0.309. The highest BCUT2D eigenvalue weighted by molar-refractivity contribution is 6.01. The van der Waals surface area contributed by atoms with Crippen LogP contribution in [-0.2, 0) is 11.3 Å². The molecule has 0 unspecified atom stereocenters. The molecule has 0 aliphatic heterocycles. The van der Waals surface area contributed by atoms with Crippen molar-refractivity contribution in [3.8, 4) is 17.2 Å². The van der Waals surface area contributed by atoms with E-state index in [4.69, 9.17) is 9.47 Å². The van der Waals surface area contributed by atoms with Crippen molar-refractivity contribution in [1.29, 1.82) is 0 Å². The number of benzene rings is 2. The van der Waals surface area contributed by atoms with E-state index in [1.54, 1.807) is 54.1 Å². The smallest absolute Gasteiger partial charge is 0.249 e. The maximum absolute atomic E-state index is 13.3. The Balaban J connectivity index is 1.50. The lowest BCUT2D eigenvalue weighted by molar-refractivity contribution is -0.111. The number of carbonyl (C=O) groups excluding carboxylic acids is 1. The van der Waals surface area contributed by atoms with Crippen LogP contribution in [-0.4, -0.2) is 39.7 Å². The molecule has 2 heterocycles. The molecule has 4 rings (SSSR count). The molecule has 0 saturated heterocycles. The third-order valence-electron chi connectivity index (χ3n) is 5.59. The van der Waals surface area contributed by atoms with E-state index in [2.05, 4.69) is 15.5 Å². The minimum absolute atomic E-state index is 0.308. The van der Waals surface area contributed by atoms with Gasteiger partial charge in [-0.3, -0.25) is 4.79 Å². The molecule has 1 N–H and O–H groups in total. The van der Waals surface area contributed by atoms with Crippen LogP contribution in [0.2, 0.25) is 0 Å². The Kier molecular flexibility index (Phi) is 6.96. The molecule has 9 heteroatoms. The summed E-state index contributed by atoms with van der Waals surface area (Å²) in [4.78, 5) is 12.7. The molecular formula is C26H26FN5O3. The molecule has 0 saturated carbocycles. The third-order valence-corrected chi connectivity index (χ3v) is 5.59. The van der Waals surface area contributed by atoms with E-state index < -0.39 is 0 Å². The number of rotatable bonds is 8. The minimum Gasteiger partial charge on any atom is -0.493 e. The van der Waals surface area contributed by atoms with Crippen molar-refractivity contribution in [2.24, 2.45) is 0 Å². The number of amides is 1. The molecule has 8 nitrogen and oxygen atoms in total. The lowest BCUT2D eigenvalue weighted by Crippen LogP contribution is -2.14. The van der Waals surface area contributed by atoms with Crippen LogP contribution in [0.3, 0.4) is 0 Å². The van der Waals surface area contributed by atoms with E-state index in [0.29, 0.717) is 23.9 Å². The fourth-order valence-corrected chi connectivity index (χ4v) is 3.86. The summed E-state index contributed by atoms with van der Waals surface area (Å²) in [5, 5.41) is 11.7. The van der Waals surface area contributed by atoms with E-state index in [-0.39, 0.29) is 11.7 Å². The standard InChI is InChI=1S/C26H26FN5O3/c1-17-22(18(2)32(30-17)21-10-8-20(27)9-11-21)12-13-25(33)29-24-14-15-28-31(24)16-19-6-5-7-23(34-3)26(19)35-4/h5-15H,16H2,1-4H3,(H,29,33)/b13-12+. The molecule has 4 aromatic rings. The molecule has 0 atom stereocenters. The van der Waals surface area contributed by atoms with Crippen LogP contribution in [0.4, 0.5) is 10.2 Å². The summed E-state index contributed by atoms with van der Waals surface area (Å²) in [6.07, 6.45) is 4.79. The number of ether oxygens (including phenoxy) is 2. The van der Waals surface area contributed by atoms with E-state index in [1.165, 1.54) is 18.2 Å². The average Bonchev–Trinajstić information content (AvgIpc) is 3.40. The Morgan fingerprint density at radius 3 is 2.57 bits per heavy atom. The van der Waals surface area contributed by atoms with Gasteiger partial charge in [0.25, 0.3) is 0 Å². The van der Waals surface area contributed by atoms with Crippen molar-refractivity contribution in [2.75, 3.05) is 19.5 Å². The lowest BCUT2D eigenvalue weighted by Gasteiger charge is -2.14. The number of halogens is 1. The molecule has 2 aromatic carbocycles. The maximum Gasteiger partial charge on any atom is 0.249 e. The molecule has 0 aliphatic carbocycles. The Labute approximate surface area is 202 Å². The number of methoxy groups -OCH3 is 2. The number of nitrogens with zero attached hydrogens (tertiary/aromatic N) is 4. The zero-order valence-corrected chi connectivity index (χ0v) is 19.9. The topological polar surface area (TPSA) is 83.2 Å². The molecule has 0 radical (unpaired) electrons. The molecule has 180 valence electrons. The summed E-state index contributed by atoms with van der Waals surface area (Å²) < 4.78 is 27.5. The van der Waals surface area contributed by atoms with Gasteiger partial charge in [0.2, 0.25) is 5.91 Å². The van der Waals surface area contributed by atoms with Gasteiger partial charge in [-0.15, -0.1) is 0 Å². The van der Waals surface area contributed by atoms with Crippen molar-refractivity contribution in [3.05, 3.63) is 89.1 Å². The highest BCUT2D eigenvalue weighted by atomic mass is 19.1. The van der Waals surface area contributed by atoms with Gasteiger partial charge in [0.05, 0.1) is 38.3 Å². The lowest BCUT2D eigenvalue weighted by atomic mass is 10.2. The van der Waals surface area contributed by atoms with Gasteiger partial charge in [0, 0.05) is 29.0 Å². The van der Waals surface area contributed by atoms with Crippen LogP contribution in [0.25, 0.3) is 11.8 Å². The van der Waals surface area contributed by atoms with Crippen LogP contribution in [0.15, 0.2) is 60.8 Å². The second-order valence-electron chi connectivity index (χ2n) is 7.82. The molecular weight excluding hydrogens is 449 g/mol. The fourth-order valence-electron chi connectivity index (χ4n) is 3.86. The molecule has 0 spiro atoms. The first kappa shape index (κ1) is 23.7. The first-order chi connectivity index (χ1) is 16.9. The van der Waals surface area contributed by atoms with Gasteiger partial charge >= 0.3 is 0 Å². The maximum atomic E-state index is 13.3. The zero-order chi connectivity index (χ0) is 24.9. The molecule has 1 amide bonds. The van der Waals surface area contributed by atoms with Crippen molar-refractivity contribution < 1.29 is 18.7 Å². The van der Waals surface area contributed by atoms with E-state index in [9.17, 15) is 9.18 Å². The monoisotopic (exact) mass is 475 g/mol. The van der Waals surface area contributed by atoms with Gasteiger partial charge in [-0.25, -0.2) is 13.8 Å². The number of anilines is 1. The summed E-state index contributed by atoms with van der Waals surface area (Å²) >= 11 is 0. The van der Waals surface area contributed by atoms with Gasteiger partial charge in [0.15, 0.2) is 11.5 Å². The SMILES string of the molecule is COc1cccc(Cn2nccc2NC(=O)/C=C/c2c(C)nn(-c3ccc(F)cc3)c2C)c1OC. The summed E-state index contributed by atoms with van der Waals surface area (Å²) in [6.45, 7) is 4.15. The van der Waals surface area contributed by atoms with Crippen LogP contribution >= 0.6 is 0 Å². The second-order valence-corrected chi connectivity index (χ2v) is 7.82. The van der Waals surface area contributed by atoms with Crippen molar-refractivity contribution >= 4 is 17.8 Å². The van der Waals surface area contributed by atoms with Crippen LogP contribution < -0.4 is 14.8 Å². The summed E-state index contributed by atoms with van der Waals surface area (Å²) in [5.74, 6) is 1.17. The van der Waals surface area contributed by atoms with Crippen LogP contribution in [0.5, 0.6) is 11.5 Å². The first-order valence-electron chi connectivity index (χ1n) is 10.9. The van der Waals surface area contributed by atoms with Crippen LogP contribution in [0.1, 0.15) is 22.5 Å². The average molecular weight is 476 g/mol. The second kappa shape index (κ2) is 10.3. The van der Waals surface area contributed by atoms with Crippen LogP contribution in [0, 0.1) is 19.7 Å². The number of para-hydroxylation sites is 1. The first-order valence-corrected chi connectivity index (χ1v) is 10.9. The van der Waals surface area contributed by atoms with Gasteiger partial charge < -0.3 is 14.8 Å². The number of hydrogen-bond donors (Lipinski definition) is 1. The van der Waals surface area contributed by atoms with Crippen molar-refractivity contribution in [1.82, 2.24) is 19.6 Å². The van der Waals surface area contributed by atoms with E-state index in [1.807, 2.05) is 32.0 Å². The molecule has 0 bridgehead atoms. The molecule has 2 aromatic heterocycles. The highest BCUT2D eigenvalue weighted by Crippen LogP contribution is 2.31. The number of aromatic nitrogens is 4. The van der Waals surface area contributed by atoms with E-state index in [0.717, 1.165) is 28.2 Å². The predicted octanol–water partition coefficient (Wildman–Crippen LogP) is 4.54. The Morgan fingerprint density at radius 2 is 1.86 bits per heavy atom. The highest BCUT2D eigenvalue weighted by Gasteiger charge is 2.14. The Morgan fingerprint density at radius 1 is 1.09 bits per heavy atom.